The van der Waals surface area contributed by atoms with Crippen molar-refractivity contribution in [3.8, 4) is 106 Å². The quantitative estimate of drug-likeness (QED) is 0.120. The highest BCUT2D eigenvalue weighted by Gasteiger charge is 2.47. The average molecular weight is 1860 g/mol. The van der Waals surface area contributed by atoms with Crippen LogP contribution in [0.3, 0.4) is 0 Å². The van der Waals surface area contributed by atoms with Crippen LogP contribution in [0, 0.1) is 0 Å². The van der Waals surface area contributed by atoms with Gasteiger partial charge < -0.3 is 27.4 Å². The van der Waals surface area contributed by atoms with E-state index in [1.807, 2.05) is 164 Å². The van der Waals surface area contributed by atoms with Gasteiger partial charge in [0.25, 0.3) is 0 Å². The van der Waals surface area contributed by atoms with Gasteiger partial charge in [-0.1, -0.05) is 406 Å². The highest BCUT2D eigenvalue weighted by molar-refractivity contribution is 7.87. The van der Waals surface area contributed by atoms with Crippen LogP contribution in [-0.2, 0) is 13.7 Å². The Hall–Kier alpha value is -17.3. The second-order valence-corrected chi connectivity index (χ2v) is 44.5. The predicted molar refractivity (Wildman–Crippen MR) is 591 cm³/mol. The molecule has 0 saturated heterocycles. The Kier molecular flexibility index (Phi) is 19.6. The number of nitrogens with zero attached hydrogens (tertiary/aromatic N) is 6. The van der Waals surface area contributed by atoms with E-state index in [-0.39, 0.29) is 0 Å². The molecule has 6 aromatic heterocycles. The Balaban J connectivity index is 0.000000106. The van der Waals surface area contributed by atoms with Crippen molar-refractivity contribution in [1.82, 2.24) is 28.7 Å². The van der Waals surface area contributed by atoms with Crippen molar-refractivity contribution in [2.75, 3.05) is 0 Å². The van der Waals surface area contributed by atoms with Gasteiger partial charge in [-0.15, -0.1) is 0 Å². The number of rotatable bonds is 11. The van der Waals surface area contributed by atoms with Crippen molar-refractivity contribution >= 4 is 167 Å². The monoisotopic (exact) mass is 1860 g/mol. The molecule has 3 unspecified atom stereocenters. The Labute approximate surface area is 813 Å². The smallest absolute Gasteiger partial charge is 0.174 e. The highest BCUT2D eigenvalue weighted by Crippen LogP contribution is 2.59. The molecule has 3 aliphatic rings. The fourth-order valence-electron chi connectivity index (χ4n) is 22.6. The average Bonchev–Trinajstić information content (AvgIpc) is 1.53. The van der Waals surface area contributed by atoms with Crippen LogP contribution >= 0.6 is 21.4 Å². The molecule has 26 aromatic rings. The Morgan fingerprint density at radius 3 is 0.830 bits per heavy atom. The van der Waals surface area contributed by atoms with Gasteiger partial charge in [0, 0.05) is 127 Å². The summed E-state index contributed by atoms with van der Waals surface area (Å²) < 4.78 is 54.2. The van der Waals surface area contributed by atoms with Gasteiger partial charge >= 0.3 is 0 Å². The Bertz CT molecular complexity index is 9750. The van der Waals surface area contributed by atoms with Crippen LogP contribution in [0.15, 0.2) is 504 Å². The Morgan fingerprint density at radius 2 is 0.461 bits per heavy atom. The first kappa shape index (κ1) is 83.1. The SMILES string of the molecule is O=P1(c2ccccc2)c2ccccc2-c2ccc3c4ccccc4n(-c4ccc(-c5ccc(-c6ccc7cccnc7c6)cc5)cc4)c3c21.O=P1(c2ccccc2)c2ccccc2-c2ccc3c4ccccc4n(-c4ccc(-c5ccc(-c6cccc7cccnc67)cc5)cc4)c3c21.O=P1(c2ccccc2)c2ccccc2-c2ccc3c4ccccc4n(-c4ccc(-c5cccc6cccnc56)cc4)c3c21. The lowest BCUT2D eigenvalue weighted by molar-refractivity contribution is 0.592. The normalized spacial score (nSPS) is 15.3. The third-order valence-electron chi connectivity index (χ3n) is 29.0. The minimum absolute atomic E-state index is 0.864. The van der Waals surface area contributed by atoms with Gasteiger partial charge in [-0.2, -0.15) is 0 Å². The third-order valence-corrected chi connectivity index (χ3v) is 38.5. The molecular formula is C129H83N6O3P3. The van der Waals surface area contributed by atoms with E-state index in [9.17, 15) is 0 Å². The van der Waals surface area contributed by atoms with E-state index in [0.717, 1.165) is 252 Å². The number of hydrogen-bond donors (Lipinski definition) is 0. The molecule has 12 heteroatoms. The van der Waals surface area contributed by atoms with Crippen LogP contribution in [0.1, 0.15) is 0 Å². The molecule has 3 atom stereocenters. The van der Waals surface area contributed by atoms with Crippen LogP contribution in [0.5, 0.6) is 0 Å². The molecule has 9 heterocycles. The lowest BCUT2D eigenvalue weighted by atomic mass is 9.98. The summed E-state index contributed by atoms with van der Waals surface area (Å²) in [7, 11) is -9.52. The second kappa shape index (κ2) is 33.3. The van der Waals surface area contributed by atoms with Gasteiger partial charge in [-0.25, -0.2) is 0 Å². The Morgan fingerprint density at radius 1 is 0.184 bits per heavy atom. The van der Waals surface area contributed by atoms with Crippen molar-refractivity contribution in [3.63, 3.8) is 0 Å². The minimum Gasteiger partial charge on any atom is -0.309 e. The van der Waals surface area contributed by atoms with Crippen LogP contribution in [0.2, 0.25) is 0 Å². The van der Waals surface area contributed by atoms with E-state index in [1.54, 1.807) is 0 Å². The molecule has 141 heavy (non-hydrogen) atoms. The molecule has 0 spiro atoms. The van der Waals surface area contributed by atoms with Crippen LogP contribution in [0.25, 0.3) is 204 Å². The lowest BCUT2D eigenvalue weighted by Crippen LogP contribution is -2.22. The molecule has 29 rings (SSSR count). The summed E-state index contributed by atoms with van der Waals surface area (Å²) in [6.45, 7) is 0. The number of aromatic nitrogens is 6. The molecule has 0 saturated carbocycles. The second-order valence-electron chi connectivity index (χ2n) is 36.5. The molecule has 0 N–H and O–H groups in total. The van der Waals surface area contributed by atoms with Crippen molar-refractivity contribution in [2.24, 2.45) is 0 Å². The number of benzene rings is 20. The summed E-state index contributed by atoms with van der Waals surface area (Å²) in [5, 5.41) is 18.3. The molecule has 0 aliphatic carbocycles. The van der Waals surface area contributed by atoms with Crippen LogP contribution < -0.4 is 47.7 Å². The topological polar surface area (TPSA) is 105 Å². The summed E-state index contributed by atoms with van der Waals surface area (Å²) in [6.07, 6.45) is 5.54. The largest absolute Gasteiger partial charge is 0.309 e. The molecule has 3 aliphatic heterocycles. The standard InChI is InChI=1S/2C45H29N2OP.C39H25N2OP/c48-49(35-12-2-1-3-13-35)42-18-7-5-15-38(42)40-28-27-39-37-14-4-6-17-41(37)47(44(39)45(40)49)34-25-23-31(24-26-34)30-19-21-32(22-20-30)36-16-8-10-33-11-9-29-46-43(33)36;48-49(36-10-2-1-3-11-36)43-15-7-5-13-38(43)40-27-26-39-37-12-4-6-14-42(37)47(44(39)45(40)49)35-24-22-31(23-25-35)30-16-18-32(19-17-30)34-21-20-33-9-8-28-46-41(33)29-34;42-43(29-12-2-1-3-13-29)36-18-7-5-15-32(36)34-24-23-33-31-14-4-6-17-35(31)41(38(33)39(34)43)28-21-19-26(20-22-28)30-16-8-10-27-11-9-25-40-37(27)30/h2*1-29H;1-25H. The summed E-state index contributed by atoms with van der Waals surface area (Å²) in [6, 6.07) is 169. The number of fused-ring (bicyclic) bond motifs is 24. The molecule has 0 amide bonds. The predicted octanol–water partition coefficient (Wildman–Crippen LogP) is 29.2. The van der Waals surface area contributed by atoms with Gasteiger partial charge in [0.2, 0.25) is 0 Å². The number of hydrogen-bond acceptors (Lipinski definition) is 6. The summed E-state index contributed by atoms with van der Waals surface area (Å²) in [5.41, 5.74) is 30.2. The van der Waals surface area contributed by atoms with Crippen LogP contribution in [0.4, 0.5) is 0 Å². The summed E-state index contributed by atoms with van der Waals surface area (Å²) in [4.78, 5) is 13.9. The van der Waals surface area contributed by atoms with E-state index in [1.165, 1.54) is 0 Å². The van der Waals surface area contributed by atoms with Gasteiger partial charge in [0.15, 0.2) is 21.4 Å². The van der Waals surface area contributed by atoms with E-state index in [4.69, 9.17) is 0 Å². The maximum absolute atomic E-state index is 15.8. The number of para-hydroxylation sites is 5. The molecule has 0 fully saturated rings. The first-order valence-corrected chi connectivity index (χ1v) is 52.8. The highest BCUT2D eigenvalue weighted by atomic mass is 31.2. The molecule has 9 nitrogen and oxygen atoms in total. The molecular weight excluding hydrogens is 1770 g/mol. The zero-order valence-electron chi connectivity index (χ0n) is 76.2. The fraction of sp³-hybridized carbons (Fsp3) is 0. The fourth-order valence-corrected chi connectivity index (χ4v) is 32.3. The minimum atomic E-state index is -3.18. The first-order valence-electron chi connectivity index (χ1n) is 47.6. The maximum atomic E-state index is 15.8. The zero-order valence-corrected chi connectivity index (χ0v) is 78.9. The van der Waals surface area contributed by atoms with Crippen molar-refractivity contribution < 1.29 is 13.7 Å². The molecule has 0 radical (unpaired) electrons. The van der Waals surface area contributed by atoms with Gasteiger partial charge in [-0.3, -0.25) is 15.0 Å². The van der Waals surface area contributed by atoms with Crippen molar-refractivity contribution in [2.45, 2.75) is 0 Å². The van der Waals surface area contributed by atoms with E-state index >= 15 is 13.7 Å². The zero-order chi connectivity index (χ0) is 93.6. The van der Waals surface area contributed by atoms with Crippen molar-refractivity contribution in [1.29, 1.82) is 0 Å². The molecule has 20 aromatic carbocycles. The number of pyridine rings is 3. The lowest BCUT2D eigenvalue weighted by Gasteiger charge is -2.19. The van der Waals surface area contributed by atoms with Gasteiger partial charge in [0.05, 0.1) is 65.6 Å². The maximum Gasteiger partial charge on any atom is 0.174 e. The summed E-state index contributed by atoms with van der Waals surface area (Å²) >= 11 is 0. The summed E-state index contributed by atoms with van der Waals surface area (Å²) in [5.74, 6) is 0. The van der Waals surface area contributed by atoms with E-state index in [0.29, 0.717) is 0 Å². The van der Waals surface area contributed by atoms with E-state index in [2.05, 4.69) is 368 Å². The molecule has 662 valence electrons. The molecule has 0 bridgehead atoms. The van der Waals surface area contributed by atoms with Crippen LogP contribution in [-0.4, -0.2) is 28.7 Å². The van der Waals surface area contributed by atoms with E-state index < -0.39 is 21.4 Å². The van der Waals surface area contributed by atoms with Gasteiger partial charge in [0.1, 0.15) is 0 Å². The van der Waals surface area contributed by atoms with Gasteiger partial charge in [-0.05, 0) is 157 Å². The third kappa shape index (κ3) is 13.1. The van der Waals surface area contributed by atoms with Crippen molar-refractivity contribution in [3.05, 3.63) is 504 Å². The first-order chi connectivity index (χ1) is 69.6.